The molecule has 0 aromatic heterocycles. The standard InChI is InChI=1S/C18H21NO/c1-3-9-17(4-2)19-14-16(18(19)20)13-8-12-15-10-6-5-7-11-15/h3-7,9-11,16H,1-2,8,12-14H2/b17-9+/t16-/m0/s1. The number of aryl methyl sites for hydroxylation is 1. The molecule has 0 spiro atoms. The van der Waals surface area contributed by atoms with E-state index < -0.39 is 0 Å². The average Bonchev–Trinajstić information content (AvgIpc) is 2.49. The van der Waals surface area contributed by atoms with Gasteiger partial charge >= 0.3 is 0 Å². The molecule has 1 atom stereocenters. The number of rotatable bonds is 7. The zero-order chi connectivity index (χ0) is 14.4. The highest BCUT2D eigenvalue weighted by Crippen LogP contribution is 2.27. The Morgan fingerprint density at radius 3 is 2.65 bits per heavy atom. The van der Waals surface area contributed by atoms with Crippen LogP contribution in [0.1, 0.15) is 18.4 Å². The quantitative estimate of drug-likeness (QED) is 0.544. The Labute approximate surface area is 121 Å². The fraction of sp³-hybridized carbons (Fsp3) is 0.278. The van der Waals surface area contributed by atoms with Crippen molar-refractivity contribution < 1.29 is 4.79 Å². The fourth-order valence-corrected chi connectivity index (χ4v) is 2.53. The molecule has 1 fully saturated rings. The van der Waals surface area contributed by atoms with Crippen molar-refractivity contribution in [1.82, 2.24) is 4.90 Å². The predicted molar refractivity (Wildman–Crippen MR) is 83.1 cm³/mol. The Balaban J connectivity index is 1.77. The van der Waals surface area contributed by atoms with E-state index in [1.807, 2.05) is 12.1 Å². The minimum atomic E-state index is 0.173. The Kier molecular flexibility index (Phi) is 4.94. The first-order valence-corrected chi connectivity index (χ1v) is 7.06. The highest BCUT2D eigenvalue weighted by atomic mass is 16.2. The van der Waals surface area contributed by atoms with E-state index in [9.17, 15) is 4.79 Å². The van der Waals surface area contributed by atoms with Gasteiger partial charge in [-0.05, 0) is 37.0 Å². The Bertz CT molecular complexity index is 515. The summed E-state index contributed by atoms with van der Waals surface area (Å²) >= 11 is 0. The number of β-lactam (4-membered cyclic amide) rings is 1. The maximum absolute atomic E-state index is 12.1. The summed E-state index contributed by atoms with van der Waals surface area (Å²) in [6, 6.07) is 10.4. The zero-order valence-corrected chi connectivity index (χ0v) is 11.8. The third-order valence-corrected chi connectivity index (χ3v) is 3.69. The van der Waals surface area contributed by atoms with Gasteiger partial charge in [0.15, 0.2) is 0 Å². The average molecular weight is 267 g/mol. The molecular formula is C18H21NO. The van der Waals surface area contributed by atoms with E-state index >= 15 is 0 Å². The topological polar surface area (TPSA) is 20.3 Å². The van der Waals surface area contributed by atoms with E-state index in [1.165, 1.54) is 5.56 Å². The molecule has 1 amide bonds. The first-order chi connectivity index (χ1) is 9.76. The van der Waals surface area contributed by atoms with E-state index in [-0.39, 0.29) is 11.8 Å². The molecule has 0 bridgehead atoms. The molecule has 2 heteroatoms. The summed E-state index contributed by atoms with van der Waals surface area (Å²) in [6.07, 6.45) is 8.28. The first-order valence-electron chi connectivity index (χ1n) is 7.06. The second-order valence-corrected chi connectivity index (χ2v) is 5.05. The molecule has 1 aromatic rings. The molecule has 0 aliphatic carbocycles. The van der Waals surface area contributed by atoms with Gasteiger partial charge in [-0.1, -0.05) is 49.6 Å². The van der Waals surface area contributed by atoms with E-state index in [4.69, 9.17) is 0 Å². The molecule has 1 aromatic carbocycles. The molecule has 0 unspecified atom stereocenters. The van der Waals surface area contributed by atoms with Gasteiger partial charge in [0.05, 0.1) is 5.92 Å². The Morgan fingerprint density at radius 1 is 1.30 bits per heavy atom. The van der Waals surface area contributed by atoms with Crippen molar-refractivity contribution in [2.45, 2.75) is 19.3 Å². The fourth-order valence-electron chi connectivity index (χ4n) is 2.53. The summed E-state index contributed by atoms with van der Waals surface area (Å²) in [4.78, 5) is 13.9. The van der Waals surface area contributed by atoms with Crippen molar-refractivity contribution in [3.05, 3.63) is 73.0 Å². The van der Waals surface area contributed by atoms with Crippen LogP contribution in [0.2, 0.25) is 0 Å². The van der Waals surface area contributed by atoms with Crippen molar-refractivity contribution in [3.8, 4) is 0 Å². The van der Waals surface area contributed by atoms with Gasteiger partial charge in [0.1, 0.15) is 0 Å². The maximum atomic E-state index is 12.1. The van der Waals surface area contributed by atoms with Gasteiger partial charge < -0.3 is 4.90 Å². The molecule has 1 aliphatic heterocycles. The van der Waals surface area contributed by atoms with Crippen molar-refractivity contribution in [2.24, 2.45) is 5.92 Å². The molecule has 0 saturated carbocycles. The van der Waals surface area contributed by atoms with Crippen LogP contribution >= 0.6 is 0 Å². The van der Waals surface area contributed by atoms with E-state index in [1.54, 1.807) is 17.1 Å². The number of hydrogen-bond acceptors (Lipinski definition) is 1. The molecule has 1 aliphatic rings. The maximum Gasteiger partial charge on any atom is 0.231 e. The van der Waals surface area contributed by atoms with Gasteiger partial charge in [0.25, 0.3) is 0 Å². The number of nitrogens with zero attached hydrogens (tertiary/aromatic N) is 1. The van der Waals surface area contributed by atoms with Crippen LogP contribution in [-0.4, -0.2) is 17.4 Å². The van der Waals surface area contributed by atoms with E-state index in [2.05, 4.69) is 37.4 Å². The molecule has 2 rings (SSSR count). The second kappa shape index (κ2) is 6.90. The highest BCUT2D eigenvalue weighted by molar-refractivity contribution is 5.86. The van der Waals surface area contributed by atoms with E-state index in [0.29, 0.717) is 0 Å². The number of hydrogen-bond donors (Lipinski definition) is 0. The van der Waals surface area contributed by atoms with Gasteiger partial charge in [-0.15, -0.1) is 0 Å². The molecule has 0 radical (unpaired) electrons. The smallest absolute Gasteiger partial charge is 0.231 e. The summed E-state index contributed by atoms with van der Waals surface area (Å²) in [5, 5.41) is 0. The van der Waals surface area contributed by atoms with Crippen molar-refractivity contribution in [3.63, 3.8) is 0 Å². The number of carbonyl (C=O) groups is 1. The van der Waals surface area contributed by atoms with Gasteiger partial charge in [-0.3, -0.25) is 4.79 Å². The zero-order valence-electron chi connectivity index (χ0n) is 11.8. The Hall–Kier alpha value is -2.09. The first kappa shape index (κ1) is 14.3. The van der Waals surface area contributed by atoms with Crippen LogP contribution in [0.4, 0.5) is 0 Å². The summed E-state index contributed by atoms with van der Waals surface area (Å²) < 4.78 is 0. The third kappa shape index (κ3) is 3.27. The molecule has 2 nitrogen and oxygen atoms in total. The van der Waals surface area contributed by atoms with Crippen molar-refractivity contribution >= 4 is 5.91 Å². The molecule has 1 saturated heterocycles. The lowest BCUT2D eigenvalue weighted by molar-refractivity contribution is -0.144. The molecule has 20 heavy (non-hydrogen) atoms. The molecule has 0 N–H and O–H groups in total. The monoisotopic (exact) mass is 267 g/mol. The lowest BCUT2D eigenvalue weighted by Gasteiger charge is -2.39. The van der Waals surface area contributed by atoms with Crippen LogP contribution in [0.5, 0.6) is 0 Å². The lowest BCUT2D eigenvalue weighted by atomic mass is 9.91. The number of carbonyl (C=O) groups excluding carboxylic acids is 1. The minimum Gasteiger partial charge on any atom is -0.311 e. The molecule has 104 valence electrons. The van der Waals surface area contributed by atoms with Crippen LogP contribution in [0.25, 0.3) is 0 Å². The summed E-state index contributed by atoms with van der Waals surface area (Å²) in [5.41, 5.74) is 2.19. The lowest BCUT2D eigenvalue weighted by Crippen LogP contribution is -2.51. The van der Waals surface area contributed by atoms with Gasteiger partial charge in [0.2, 0.25) is 5.91 Å². The SMILES string of the molecule is C=C/C=C(\C=C)N1C[C@H](CCCc2ccccc2)C1=O. The normalized spacial score (nSPS) is 18.6. The van der Waals surface area contributed by atoms with Crippen LogP contribution in [0, 0.1) is 5.92 Å². The number of likely N-dealkylation sites (tertiary alicyclic amines) is 1. The van der Waals surface area contributed by atoms with Crippen molar-refractivity contribution in [1.29, 1.82) is 0 Å². The second-order valence-electron chi connectivity index (χ2n) is 5.05. The number of allylic oxidation sites excluding steroid dienone is 3. The predicted octanol–water partition coefficient (Wildman–Crippen LogP) is 3.72. The minimum absolute atomic E-state index is 0.173. The largest absolute Gasteiger partial charge is 0.311 e. The van der Waals surface area contributed by atoms with Crippen LogP contribution in [0.15, 0.2) is 67.4 Å². The van der Waals surface area contributed by atoms with Crippen LogP contribution in [-0.2, 0) is 11.2 Å². The summed E-state index contributed by atoms with van der Waals surface area (Å²) in [5.74, 6) is 0.387. The van der Waals surface area contributed by atoms with Crippen molar-refractivity contribution in [2.75, 3.05) is 6.54 Å². The summed E-state index contributed by atoms with van der Waals surface area (Å²) in [6.45, 7) is 8.19. The summed E-state index contributed by atoms with van der Waals surface area (Å²) in [7, 11) is 0. The third-order valence-electron chi connectivity index (χ3n) is 3.69. The van der Waals surface area contributed by atoms with Crippen LogP contribution in [0.3, 0.4) is 0 Å². The van der Waals surface area contributed by atoms with Crippen LogP contribution < -0.4 is 0 Å². The highest BCUT2D eigenvalue weighted by Gasteiger charge is 2.36. The molecule has 1 heterocycles. The number of amides is 1. The molecular weight excluding hydrogens is 246 g/mol. The van der Waals surface area contributed by atoms with E-state index in [0.717, 1.165) is 31.5 Å². The Morgan fingerprint density at radius 2 is 2.05 bits per heavy atom. The number of benzene rings is 1. The van der Waals surface area contributed by atoms with Gasteiger partial charge in [-0.25, -0.2) is 0 Å². The van der Waals surface area contributed by atoms with Gasteiger partial charge in [0, 0.05) is 12.2 Å². The van der Waals surface area contributed by atoms with Gasteiger partial charge in [-0.2, -0.15) is 0 Å².